The van der Waals surface area contributed by atoms with Crippen LogP contribution in [0.25, 0.3) is 0 Å². The third-order valence-corrected chi connectivity index (χ3v) is 4.07. The molecule has 1 heterocycles. The van der Waals surface area contributed by atoms with Crippen LogP contribution in [-0.2, 0) is 4.79 Å². The van der Waals surface area contributed by atoms with Crippen molar-refractivity contribution in [2.75, 3.05) is 6.54 Å². The largest absolute Gasteiger partial charge is 0.408 e. The number of halogens is 3. The molecule has 116 valence electrons. The normalized spacial score (nSPS) is 21.1. The lowest BCUT2D eigenvalue weighted by atomic mass is 9.92. The van der Waals surface area contributed by atoms with Crippen LogP contribution in [0.15, 0.2) is 30.3 Å². The Morgan fingerprint density at radius 3 is 2.52 bits per heavy atom. The zero-order valence-corrected chi connectivity index (χ0v) is 12.1. The zero-order chi connectivity index (χ0) is 15.5. The van der Waals surface area contributed by atoms with Crippen molar-refractivity contribution in [3.63, 3.8) is 0 Å². The second kappa shape index (κ2) is 6.50. The van der Waals surface area contributed by atoms with Crippen LogP contribution in [0, 0.1) is 0 Å². The molecule has 1 amide bonds. The van der Waals surface area contributed by atoms with E-state index in [1.807, 2.05) is 25.1 Å². The quantitative estimate of drug-likeness (QED) is 0.822. The summed E-state index contributed by atoms with van der Waals surface area (Å²) in [4.78, 5) is 13.7. The highest BCUT2D eigenvalue weighted by Gasteiger charge is 2.47. The summed E-state index contributed by atoms with van der Waals surface area (Å²) in [5.74, 6) is -0.889. The summed E-state index contributed by atoms with van der Waals surface area (Å²) >= 11 is 0. The van der Waals surface area contributed by atoms with Crippen LogP contribution in [0.1, 0.15) is 44.1 Å². The lowest BCUT2D eigenvalue weighted by molar-refractivity contribution is -0.196. The average molecular weight is 299 g/mol. The molecule has 1 saturated heterocycles. The minimum absolute atomic E-state index is 0.0143. The molecule has 0 N–H and O–H groups in total. The number of carbonyl (C=O) groups is 1. The second-order valence-electron chi connectivity index (χ2n) is 5.46. The molecule has 2 nitrogen and oxygen atoms in total. The van der Waals surface area contributed by atoms with Gasteiger partial charge in [0, 0.05) is 6.54 Å². The van der Waals surface area contributed by atoms with Crippen molar-refractivity contribution < 1.29 is 18.0 Å². The summed E-state index contributed by atoms with van der Waals surface area (Å²) in [5.41, 5.74) is 0.788. The fourth-order valence-electron chi connectivity index (χ4n) is 2.97. The third kappa shape index (κ3) is 3.57. The summed E-state index contributed by atoms with van der Waals surface area (Å²) in [5, 5.41) is 0. The highest BCUT2D eigenvalue weighted by Crippen LogP contribution is 2.34. The van der Waals surface area contributed by atoms with Gasteiger partial charge < -0.3 is 4.90 Å². The fraction of sp³-hybridized carbons (Fsp3) is 0.562. The van der Waals surface area contributed by atoms with E-state index in [1.165, 1.54) is 0 Å². The summed E-state index contributed by atoms with van der Waals surface area (Å²) in [6.45, 7) is 2.04. The first kappa shape index (κ1) is 15.9. The van der Waals surface area contributed by atoms with Crippen LogP contribution in [-0.4, -0.2) is 29.6 Å². The average Bonchev–Trinajstić information content (AvgIpc) is 2.48. The number of rotatable bonds is 3. The van der Waals surface area contributed by atoms with Gasteiger partial charge in [-0.05, 0) is 31.2 Å². The molecular formula is C16H20F3NO. The number of piperidine rings is 1. The molecule has 0 aliphatic carbocycles. The maximum absolute atomic E-state index is 13.1. The molecule has 1 aromatic rings. The van der Waals surface area contributed by atoms with Gasteiger partial charge in [0.25, 0.3) is 0 Å². The van der Waals surface area contributed by atoms with E-state index in [-0.39, 0.29) is 13.0 Å². The minimum Gasteiger partial charge on any atom is -0.330 e. The molecule has 2 unspecified atom stereocenters. The maximum Gasteiger partial charge on any atom is 0.408 e. The van der Waals surface area contributed by atoms with E-state index < -0.39 is 24.0 Å². The lowest BCUT2D eigenvalue weighted by Gasteiger charge is -2.38. The van der Waals surface area contributed by atoms with E-state index in [0.29, 0.717) is 19.3 Å². The first-order chi connectivity index (χ1) is 9.95. The second-order valence-corrected chi connectivity index (χ2v) is 5.46. The molecule has 5 heteroatoms. The van der Waals surface area contributed by atoms with Crippen molar-refractivity contribution in [3.8, 4) is 0 Å². The third-order valence-electron chi connectivity index (χ3n) is 4.07. The summed E-state index contributed by atoms with van der Waals surface area (Å²) in [6, 6.07) is 7.43. The van der Waals surface area contributed by atoms with Crippen LogP contribution in [0.4, 0.5) is 13.2 Å². The zero-order valence-electron chi connectivity index (χ0n) is 12.1. The van der Waals surface area contributed by atoms with Crippen LogP contribution >= 0.6 is 0 Å². The number of nitrogens with zero attached hydrogens (tertiary/aromatic N) is 1. The number of benzene rings is 1. The summed E-state index contributed by atoms with van der Waals surface area (Å²) in [6.07, 6.45) is -2.66. The van der Waals surface area contributed by atoms with Crippen LogP contribution < -0.4 is 0 Å². The maximum atomic E-state index is 13.1. The first-order valence-electron chi connectivity index (χ1n) is 7.37. The van der Waals surface area contributed by atoms with Gasteiger partial charge >= 0.3 is 6.18 Å². The van der Waals surface area contributed by atoms with Crippen LogP contribution in [0.2, 0.25) is 0 Å². The van der Waals surface area contributed by atoms with Gasteiger partial charge in [0.15, 0.2) is 0 Å². The van der Waals surface area contributed by atoms with Gasteiger partial charge in [-0.2, -0.15) is 13.2 Å². The summed E-state index contributed by atoms with van der Waals surface area (Å²) in [7, 11) is 0. The number of hydrogen-bond donors (Lipinski definition) is 0. The van der Waals surface area contributed by atoms with Gasteiger partial charge in [0.2, 0.25) is 5.91 Å². The van der Waals surface area contributed by atoms with Gasteiger partial charge in [0.05, 0.1) is 5.92 Å². The number of likely N-dealkylation sites (tertiary alicyclic amines) is 1. The Kier molecular flexibility index (Phi) is 4.91. The smallest absolute Gasteiger partial charge is 0.330 e. The molecule has 0 bridgehead atoms. The van der Waals surface area contributed by atoms with E-state index in [9.17, 15) is 18.0 Å². The molecular weight excluding hydrogens is 279 g/mol. The molecule has 1 aliphatic heterocycles. The van der Waals surface area contributed by atoms with Gasteiger partial charge in [0.1, 0.15) is 6.04 Å². The van der Waals surface area contributed by atoms with E-state index in [1.54, 1.807) is 12.1 Å². The van der Waals surface area contributed by atoms with Gasteiger partial charge in [-0.15, -0.1) is 0 Å². The molecule has 0 spiro atoms. The Bertz CT molecular complexity index is 472. The molecule has 1 fully saturated rings. The van der Waals surface area contributed by atoms with E-state index in [2.05, 4.69) is 0 Å². The van der Waals surface area contributed by atoms with E-state index in [4.69, 9.17) is 0 Å². The molecule has 21 heavy (non-hydrogen) atoms. The molecule has 1 aliphatic rings. The predicted octanol–water partition coefficient (Wildman–Crippen LogP) is 4.12. The van der Waals surface area contributed by atoms with Crippen molar-refractivity contribution in [2.24, 2.45) is 0 Å². The standard InChI is InChI=1S/C16H20F3NO/c1-2-13(12-8-4-3-5-9-12)15(21)20-11-7-6-10-14(20)16(17,18)19/h3-5,8-9,13-14H,2,6-7,10-11H2,1H3. The fourth-order valence-corrected chi connectivity index (χ4v) is 2.97. The number of amides is 1. The van der Waals surface area contributed by atoms with Crippen molar-refractivity contribution >= 4 is 5.91 Å². The topological polar surface area (TPSA) is 20.3 Å². The highest BCUT2D eigenvalue weighted by molar-refractivity contribution is 5.84. The minimum atomic E-state index is -4.34. The van der Waals surface area contributed by atoms with Gasteiger partial charge in [-0.3, -0.25) is 4.79 Å². The van der Waals surface area contributed by atoms with Crippen molar-refractivity contribution in [1.82, 2.24) is 4.90 Å². The number of carbonyl (C=O) groups excluding carboxylic acids is 1. The molecule has 0 aromatic heterocycles. The van der Waals surface area contributed by atoms with Crippen LogP contribution in [0.3, 0.4) is 0 Å². The molecule has 2 atom stereocenters. The SMILES string of the molecule is CCC(C(=O)N1CCCCC1C(F)(F)F)c1ccccc1. The lowest BCUT2D eigenvalue weighted by Crippen LogP contribution is -2.52. The van der Waals surface area contributed by atoms with Gasteiger partial charge in [-0.25, -0.2) is 0 Å². The Balaban J connectivity index is 2.23. The van der Waals surface area contributed by atoms with Crippen molar-refractivity contribution in [3.05, 3.63) is 35.9 Å². The van der Waals surface area contributed by atoms with Crippen LogP contribution in [0.5, 0.6) is 0 Å². The first-order valence-corrected chi connectivity index (χ1v) is 7.37. The molecule has 0 radical (unpaired) electrons. The monoisotopic (exact) mass is 299 g/mol. The Morgan fingerprint density at radius 2 is 1.95 bits per heavy atom. The Hall–Kier alpha value is -1.52. The highest BCUT2D eigenvalue weighted by atomic mass is 19.4. The number of hydrogen-bond acceptors (Lipinski definition) is 1. The Labute approximate surface area is 122 Å². The van der Waals surface area contributed by atoms with E-state index in [0.717, 1.165) is 10.5 Å². The predicted molar refractivity (Wildman–Crippen MR) is 74.9 cm³/mol. The molecule has 1 aromatic carbocycles. The number of alkyl halides is 3. The van der Waals surface area contributed by atoms with Crippen molar-refractivity contribution in [1.29, 1.82) is 0 Å². The van der Waals surface area contributed by atoms with E-state index >= 15 is 0 Å². The Morgan fingerprint density at radius 1 is 1.29 bits per heavy atom. The van der Waals surface area contributed by atoms with Crippen molar-refractivity contribution in [2.45, 2.75) is 50.7 Å². The summed E-state index contributed by atoms with van der Waals surface area (Å²) < 4.78 is 39.4. The molecule has 2 rings (SSSR count). The van der Waals surface area contributed by atoms with Gasteiger partial charge in [-0.1, -0.05) is 37.3 Å². The molecule has 0 saturated carbocycles.